The van der Waals surface area contributed by atoms with E-state index in [-0.39, 0.29) is 34.8 Å². The van der Waals surface area contributed by atoms with Gasteiger partial charge in [-0.1, -0.05) is 41.4 Å². The van der Waals surface area contributed by atoms with Crippen LogP contribution in [-0.2, 0) is 59.5 Å². The molecule has 214 valence electrons. The Kier molecular flexibility index (Phi) is 9.68. The van der Waals surface area contributed by atoms with Gasteiger partial charge >= 0.3 is 5.97 Å². The fourth-order valence-electron chi connectivity index (χ4n) is 4.81. The molecular weight excluding hydrogens is 574 g/mol. The summed E-state index contributed by atoms with van der Waals surface area (Å²) in [6.45, 7) is 1.82. The summed E-state index contributed by atoms with van der Waals surface area (Å²) in [5.41, 5.74) is 4.81. The van der Waals surface area contributed by atoms with Crippen LogP contribution in [0.5, 0.6) is 0 Å². The summed E-state index contributed by atoms with van der Waals surface area (Å²) in [5.74, 6) is -0.323. The summed E-state index contributed by atoms with van der Waals surface area (Å²) in [7, 11) is -6.30. The molecule has 11 heteroatoms. The number of aryl methyl sites for hydroxylation is 2. The molecule has 1 unspecified atom stereocenters. The Bertz CT molecular complexity index is 1570. The van der Waals surface area contributed by atoms with Gasteiger partial charge in [0, 0.05) is 17.5 Å². The van der Waals surface area contributed by atoms with Gasteiger partial charge in [0.25, 0.3) is 10.1 Å². The third-order valence-corrected chi connectivity index (χ3v) is 10.0. The molecule has 40 heavy (non-hydrogen) atoms. The Labute approximate surface area is 240 Å². The Hall–Kier alpha value is -2.76. The van der Waals surface area contributed by atoms with E-state index in [0.29, 0.717) is 37.1 Å². The van der Waals surface area contributed by atoms with Gasteiger partial charge in [0.2, 0.25) is 10.0 Å². The van der Waals surface area contributed by atoms with Gasteiger partial charge in [-0.3, -0.25) is 8.98 Å². The number of halogens is 1. The first kappa shape index (κ1) is 30.2. The minimum Gasteiger partial charge on any atom is -0.469 e. The highest BCUT2D eigenvalue weighted by Gasteiger charge is 2.26. The van der Waals surface area contributed by atoms with E-state index in [1.165, 1.54) is 43.5 Å². The minimum atomic E-state index is -3.90. The van der Waals surface area contributed by atoms with Crippen LogP contribution in [-0.4, -0.2) is 42.6 Å². The van der Waals surface area contributed by atoms with Crippen molar-refractivity contribution in [2.75, 3.05) is 13.7 Å². The van der Waals surface area contributed by atoms with Gasteiger partial charge in [0.05, 0.1) is 23.5 Å². The smallest absolute Gasteiger partial charge is 0.305 e. The van der Waals surface area contributed by atoms with Crippen LogP contribution >= 0.6 is 11.6 Å². The second-order valence-electron chi connectivity index (χ2n) is 9.82. The van der Waals surface area contributed by atoms with E-state index < -0.39 is 20.1 Å². The molecule has 1 N–H and O–H groups in total. The van der Waals surface area contributed by atoms with Crippen LogP contribution < -0.4 is 4.72 Å². The van der Waals surface area contributed by atoms with Gasteiger partial charge in [-0.15, -0.1) is 0 Å². The van der Waals surface area contributed by atoms with Crippen LogP contribution in [0.15, 0.2) is 70.5 Å². The zero-order valence-corrected chi connectivity index (χ0v) is 24.7. The fraction of sp³-hybridized carbons (Fsp3) is 0.345. The van der Waals surface area contributed by atoms with E-state index in [0.717, 1.165) is 27.8 Å². The molecule has 3 aromatic rings. The lowest BCUT2D eigenvalue weighted by molar-refractivity contribution is -0.140. The number of carbonyl (C=O) groups is 1. The van der Waals surface area contributed by atoms with Crippen molar-refractivity contribution >= 4 is 37.7 Å². The summed E-state index contributed by atoms with van der Waals surface area (Å²) < 4.78 is 64.1. The number of fused-ring (bicyclic) bond motifs is 1. The molecule has 0 spiro atoms. The molecule has 0 aliphatic heterocycles. The molecule has 0 saturated heterocycles. The molecule has 0 fully saturated rings. The maximum absolute atomic E-state index is 13.0. The maximum atomic E-state index is 13.0. The number of methoxy groups -OCH3 is 1. The lowest BCUT2D eigenvalue weighted by atomic mass is 9.83. The van der Waals surface area contributed by atoms with E-state index in [1.54, 1.807) is 12.1 Å². The quantitative estimate of drug-likeness (QED) is 0.252. The van der Waals surface area contributed by atoms with Crippen LogP contribution in [0.1, 0.15) is 40.7 Å². The van der Waals surface area contributed by atoms with Gasteiger partial charge in [-0.2, -0.15) is 8.42 Å². The molecule has 0 aromatic heterocycles. The first-order chi connectivity index (χ1) is 19.0. The van der Waals surface area contributed by atoms with E-state index >= 15 is 0 Å². The average Bonchev–Trinajstić information content (AvgIpc) is 2.91. The molecule has 4 rings (SSSR count). The molecule has 1 aliphatic carbocycles. The van der Waals surface area contributed by atoms with Crippen molar-refractivity contribution in [3.63, 3.8) is 0 Å². The summed E-state index contributed by atoms with van der Waals surface area (Å²) in [4.78, 5) is 12.1. The number of carbonyl (C=O) groups excluding carboxylic acids is 1. The fourth-order valence-corrected chi connectivity index (χ4v) is 7.11. The molecule has 0 bridgehead atoms. The SMILES string of the molecule is COC(=O)CCc1cc(CCOS(=O)(=O)c2ccc(C)cc2)cc2c1CCC(NS(=O)(=O)c1ccc(Cl)cc1)C2. The lowest BCUT2D eigenvalue weighted by Crippen LogP contribution is -2.39. The molecule has 0 saturated carbocycles. The minimum absolute atomic E-state index is 0.0575. The van der Waals surface area contributed by atoms with Crippen LogP contribution in [0, 0.1) is 6.92 Å². The molecular formula is C29H32ClNO7S2. The lowest BCUT2D eigenvalue weighted by Gasteiger charge is -2.28. The van der Waals surface area contributed by atoms with Crippen LogP contribution in [0.3, 0.4) is 0 Å². The van der Waals surface area contributed by atoms with E-state index in [1.807, 2.05) is 19.1 Å². The summed E-state index contributed by atoms with van der Waals surface area (Å²) in [6.07, 6.45) is 2.69. The van der Waals surface area contributed by atoms with Gasteiger partial charge in [0.15, 0.2) is 0 Å². The van der Waals surface area contributed by atoms with Crippen molar-refractivity contribution in [1.82, 2.24) is 4.72 Å². The second kappa shape index (κ2) is 12.8. The van der Waals surface area contributed by atoms with Crippen molar-refractivity contribution in [3.8, 4) is 0 Å². The predicted octanol–water partition coefficient (Wildman–Crippen LogP) is 4.54. The number of rotatable bonds is 11. The Morgan fingerprint density at radius 1 is 0.975 bits per heavy atom. The van der Waals surface area contributed by atoms with Crippen LogP contribution in [0.25, 0.3) is 0 Å². The number of hydrogen-bond donors (Lipinski definition) is 1. The van der Waals surface area contributed by atoms with Crippen LogP contribution in [0.4, 0.5) is 0 Å². The van der Waals surface area contributed by atoms with Crippen molar-refractivity contribution < 1.29 is 30.6 Å². The number of benzene rings is 3. The van der Waals surface area contributed by atoms with Crippen molar-refractivity contribution in [3.05, 3.63) is 93.5 Å². The third-order valence-electron chi connectivity index (χ3n) is 6.91. The van der Waals surface area contributed by atoms with Gasteiger partial charge < -0.3 is 4.74 Å². The highest BCUT2D eigenvalue weighted by atomic mass is 35.5. The summed E-state index contributed by atoms with van der Waals surface area (Å²) >= 11 is 5.91. The van der Waals surface area contributed by atoms with Crippen molar-refractivity contribution in [2.24, 2.45) is 0 Å². The van der Waals surface area contributed by atoms with Gasteiger partial charge in [-0.25, -0.2) is 13.1 Å². The molecule has 0 radical (unpaired) electrons. The number of ether oxygens (including phenoxy) is 1. The Morgan fingerprint density at radius 3 is 2.33 bits per heavy atom. The van der Waals surface area contributed by atoms with Crippen molar-refractivity contribution in [1.29, 1.82) is 0 Å². The van der Waals surface area contributed by atoms with Gasteiger partial charge in [0.1, 0.15) is 0 Å². The number of nitrogens with one attached hydrogen (secondary N) is 1. The maximum Gasteiger partial charge on any atom is 0.305 e. The Morgan fingerprint density at radius 2 is 1.65 bits per heavy atom. The standard InChI is InChI=1S/C29H32ClNO7S2/c1-20-3-9-27(10-4-20)40(35,36)38-16-15-21-17-22(5-14-29(32)37-2)28-13-8-25(19-23(28)18-21)31-39(33,34)26-11-6-24(30)7-12-26/h3-4,6-7,9-12,17-18,25,31H,5,8,13-16,19H2,1-2H3. The van der Waals surface area contributed by atoms with E-state index in [2.05, 4.69) is 4.72 Å². The zero-order valence-electron chi connectivity index (χ0n) is 22.4. The monoisotopic (exact) mass is 605 g/mol. The van der Waals surface area contributed by atoms with Crippen LogP contribution in [0.2, 0.25) is 5.02 Å². The normalized spacial score (nSPS) is 15.4. The number of esters is 1. The second-order valence-corrected chi connectivity index (χ2v) is 13.6. The average molecular weight is 606 g/mol. The third kappa shape index (κ3) is 7.70. The molecule has 0 amide bonds. The largest absolute Gasteiger partial charge is 0.469 e. The molecule has 3 aromatic carbocycles. The molecule has 0 heterocycles. The zero-order chi connectivity index (χ0) is 28.9. The first-order valence-electron chi connectivity index (χ1n) is 12.9. The first-order valence-corrected chi connectivity index (χ1v) is 16.2. The molecule has 1 aliphatic rings. The topological polar surface area (TPSA) is 116 Å². The Balaban J connectivity index is 1.51. The van der Waals surface area contributed by atoms with E-state index in [4.69, 9.17) is 20.5 Å². The van der Waals surface area contributed by atoms with E-state index in [9.17, 15) is 21.6 Å². The molecule has 1 atom stereocenters. The number of sulfonamides is 1. The van der Waals surface area contributed by atoms with Gasteiger partial charge in [-0.05, 0) is 97.7 Å². The summed E-state index contributed by atoms with van der Waals surface area (Å²) in [5, 5.41) is 0.452. The molecule has 8 nitrogen and oxygen atoms in total. The predicted molar refractivity (Wildman–Crippen MR) is 152 cm³/mol. The highest BCUT2D eigenvalue weighted by Crippen LogP contribution is 2.29. The highest BCUT2D eigenvalue weighted by molar-refractivity contribution is 7.89. The number of hydrogen-bond acceptors (Lipinski definition) is 7. The van der Waals surface area contributed by atoms with Crippen molar-refractivity contribution in [2.45, 2.75) is 61.3 Å². The summed E-state index contributed by atoms with van der Waals surface area (Å²) in [6, 6.07) is 16.1.